The van der Waals surface area contributed by atoms with Crippen molar-refractivity contribution in [1.29, 1.82) is 0 Å². The maximum absolute atomic E-state index is 13.3. The van der Waals surface area contributed by atoms with Crippen molar-refractivity contribution in [3.05, 3.63) is 77.1 Å². The number of nitrogens with one attached hydrogen (secondary N) is 1. The van der Waals surface area contributed by atoms with Crippen LogP contribution in [0, 0.1) is 5.82 Å². The van der Waals surface area contributed by atoms with E-state index < -0.39 is 11.9 Å². The lowest BCUT2D eigenvalue weighted by Gasteiger charge is -2.05. The maximum Gasteiger partial charge on any atom is 0.407 e. The van der Waals surface area contributed by atoms with Gasteiger partial charge in [-0.15, -0.1) is 0 Å². The largest absolute Gasteiger partial charge is 0.445 e. The van der Waals surface area contributed by atoms with Gasteiger partial charge in [-0.05, 0) is 36.2 Å². The number of ether oxygens (including phenoxy) is 1. The van der Waals surface area contributed by atoms with Crippen LogP contribution in [0.2, 0.25) is 0 Å². The minimum atomic E-state index is -0.547. The quantitative estimate of drug-likeness (QED) is 0.817. The molecule has 0 aliphatic rings. The number of halogens is 1. The first kappa shape index (κ1) is 17.4. The summed E-state index contributed by atoms with van der Waals surface area (Å²) in [4.78, 5) is 23.1. The Kier molecular flexibility index (Phi) is 6.25. The lowest BCUT2D eigenvalue weighted by Crippen LogP contribution is -2.24. The molecule has 0 aromatic heterocycles. The van der Waals surface area contributed by atoms with E-state index in [1.807, 2.05) is 30.3 Å². The molecule has 0 heterocycles. The molecule has 4 nitrogen and oxygen atoms in total. The van der Waals surface area contributed by atoms with Crippen LogP contribution in [0.3, 0.4) is 0 Å². The van der Waals surface area contributed by atoms with Gasteiger partial charge >= 0.3 is 6.09 Å². The number of Topliss-reactive ketones (excluding diaryl/α,β-unsaturated/α-hetero) is 1. The molecule has 2 aromatic rings. The van der Waals surface area contributed by atoms with Gasteiger partial charge in [-0.25, -0.2) is 9.18 Å². The summed E-state index contributed by atoms with van der Waals surface area (Å²) in [5, 5.41) is 2.56. The van der Waals surface area contributed by atoms with Crippen LogP contribution >= 0.6 is 0 Å². The minimum absolute atomic E-state index is 0.148. The molecular formula is C19H18FNO3. The third-order valence-electron chi connectivity index (χ3n) is 3.27. The van der Waals surface area contributed by atoms with Crippen molar-refractivity contribution in [2.45, 2.75) is 13.5 Å². The van der Waals surface area contributed by atoms with E-state index in [1.54, 1.807) is 12.2 Å². The number of rotatable bonds is 6. The van der Waals surface area contributed by atoms with Gasteiger partial charge in [0.25, 0.3) is 0 Å². The third-order valence-corrected chi connectivity index (χ3v) is 3.27. The average molecular weight is 327 g/mol. The average Bonchev–Trinajstić information content (AvgIpc) is 2.57. The van der Waals surface area contributed by atoms with Crippen molar-refractivity contribution in [1.82, 2.24) is 5.32 Å². The number of ketones is 1. The van der Waals surface area contributed by atoms with Crippen molar-refractivity contribution in [3.8, 4) is 0 Å². The second-order valence-corrected chi connectivity index (χ2v) is 5.13. The number of carbonyl (C=O) groups is 2. The van der Waals surface area contributed by atoms with Crippen LogP contribution < -0.4 is 5.32 Å². The van der Waals surface area contributed by atoms with E-state index in [1.165, 1.54) is 25.1 Å². The predicted molar refractivity (Wildman–Crippen MR) is 90.1 cm³/mol. The molecule has 2 rings (SSSR count). The molecule has 24 heavy (non-hydrogen) atoms. The third kappa shape index (κ3) is 5.35. The molecular weight excluding hydrogens is 309 g/mol. The molecule has 0 radical (unpaired) electrons. The molecule has 2 aromatic carbocycles. The van der Waals surface area contributed by atoms with Gasteiger partial charge in [0.2, 0.25) is 0 Å². The van der Waals surface area contributed by atoms with Gasteiger partial charge in [-0.1, -0.05) is 42.5 Å². The van der Waals surface area contributed by atoms with Gasteiger partial charge in [0, 0.05) is 12.1 Å². The molecule has 0 saturated heterocycles. The van der Waals surface area contributed by atoms with E-state index >= 15 is 0 Å². The van der Waals surface area contributed by atoms with Crippen LogP contribution in [0.25, 0.3) is 6.08 Å². The van der Waals surface area contributed by atoms with E-state index in [4.69, 9.17) is 4.74 Å². The molecule has 5 heteroatoms. The van der Waals surface area contributed by atoms with E-state index in [9.17, 15) is 14.0 Å². The van der Waals surface area contributed by atoms with Crippen LogP contribution in [0.15, 0.2) is 54.6 Å². The molecule has 124 valence electrons. The first-order valence-corrected chi connectivity index (χ1v) is 7.48. The highest BCUT2D eigenvalue weighted by molar-refractivity contribution is 5.97. The Balaban J connectivity index is 1.83. The van der Waals surface area contributed by atoms with Gasteiger partial charge in [-0.3, -0.25) is 4.79 Å². The molecule has 0 spiro atoms. The molecule has 0 unspecified atom stereocenters. The monoisotopic (exact) mass is 327 g/mol. The maximum atomic E-state index is 13.3. The molecule has 1 amide bonds. The molecule has 0 bridgehead atoms. The summed E-state index contributed by atoms with van der Waals surface area (Å²) in [7, 11) is 0. The number of hydrogen-bond donors (Lipinski definition) is 1. The number of hydrogen-bond acceptors (Lipinski definition) is 3. The highest BCUT2D eigenvalue weighted by Gasteiger charge is 2.06. The summed E-state index contributed by atoms with van der Waals surface area (Å²) in [6, 6.07) is 13.3. The first-order valence-electron chi connectivity index (χ1n) is 7.48. The van der Waals surface area contributed by atoms with Crippen LogP contribution in [0.4, 0.5) is 9.18 Å². The fourth-order valence-electron chi connectivity index (χ4n) is 2.09. The number of alkyl carbamates (subject to hydrolysis) is 1. The number of benzene rings is 2. The lowest BCUT2D eigenvalue weighted by molar-refractivity contribution is 0.101. The van der Waals surface area contributed by atoms with Crippen molar-refractivity contribution < 1.29 is 18.7 Å². The zero-order valence-corrected chi connectivity index (χ0v) is 13.3. The second kappa shape index (κ2) is 8.62. The topological polar surface area (TPSA) is 55.4 Å². The first-order chi connectivity index (χ1) is 11.6. The van der Waals surface area contributed by atoms with Crippen LogP contribution in [-0.2, 0) is 11.3 Å². The summed E-state index contributed by atoms with van der Waals surface area (Å²) in [5.41, 5.74) is 1.80. The Morgan fingerprint density at radius 3 is 2.62 bits per heavy atom. The SMILES string of the molecule is CC(=O)c1ccc(F)cc1C=CCNC(=O)OCc1ccccc1. The number of carbonyl (C=O) groups excluding carboxylic acids is 2. The van der Waals surface area contributed by atoms with Gasteiger partial charge in [0.1, 0.15) is 12.4 Å². The van der Waals surface area contributed by atoms with Gasteiger partial charge in [0.05, 0.1) is 0 Å². The predicted octanol–water partition coefficient (Wildman–Crippen LogP) is 3.97. The van der Waals surface area contributed by atoms with Crippen molar-refractivity contribution in [2.75, 3.05) is 6.54 Å². The van der Waals surface area contributed by atoms with Gasteiger partial charge < -0.3 is 10.1 Å². The molecule has 0 fully saturated rings. The summed E-state index contributed by atoms with van der Waals surface area (Å²) < 4.78 is 18.3. The zero-order valence-electron chi connectivity index (χ0n) is 13.3. The minimum Gasteiger partial charge on any atom is -0.445 e. The molecule has 0 atom stereocenters. The Bertz CT molecular complexity index is 742. The Hall–Kier alpha value is -2.95. The fourth-order valence-corrected chi connectivity index (χ4v) is 2.09. The molecule has 1 N–H and O–H groups in total. The lowest BCUT2D eigenvalue weighted by atomic mass is 10.0. The van der Waals surface area contributed by atoms with E-state index in [0.717, 1.165) is 5.56 Å². The summed E-state index contributed by atoms with van der Waals surface area (Å²) in [6.45, 7) is 1.82. The van der Waals surface area contributed by atoms with E-state index in [-0.39, 0.29) is 18.9 Å². The van der Waals surface area contributed by atoms with Gasteiger partial charge in [0.15, 0.2) is 5.78 Å². The van der Waals surface area contributed by atoms with Crippen molar-refractivity contribution >= 4 is 18.0 Å². The van der Waals surface area contributed by atoms with Crippen LogP contribution in [0.5, 0.6) is 0 Å². The summed E-state index contributed by atoms with van der Waals surface area (Å²) >= 11 is 0. The molecule has 0 aliphatic heterocycles. The Morgan fingerprint density at radius 2 is 1.92 bits per heavy atom. The molecule has 0 aliphatic carbocycles. The Labute approximate surface area is 140 Å². The highest BCUT2D eigenvalue weighted by Crippen LogP contribution is 2.13. The van der Waals surface area contributed by atoms with Crippen molar-refractivity contribution in [2.24, 2.45) is 0 Å². The summed E-state index contributed by atoms with van der Waals surface area (Å²) in [5.74, 6) is -0.570. The normalized spacial score (nSPS) is 10.6. The van der Waals surface area contributed by atoms with Crippen LogP contribution in [0.1, 0.15) is 28.4 Å². The van der Waals surface area contributed by atoms with Crippen LogP contribution in [-0.4, -0.2) is 18.4 Å². The number of amides is 1. The highest BCUT2D eigenvalue weighted by atomic mass is 19.1. The second-order valence-electron chi connectivity index (χ2n) is 5.13. The standard InChI is InChI=1S/C19H18FNO3/c1-14(22)18-10-9-17(20)12-16(18)8-5-11-21-19(23)24-13-15-6-3-2-4-7-15/h2-10,12H,11,13H2,1H3,(H,21,23). The Morgan fingerprint density at radius 1 is 1.17 bits per heavy atom. The smallest absolute Gasteiger partial charge is 0.407 e. The van der Waals surface area contributed by atoms with Gasteiger partial charge in [-0.2, -0.15) is 0 Å². The van der Waals surface area contributed by atoms with E-state index in [2.05, 4.69) is 5.32 Å². The summed E-state index contributed by atoms with van der Waals surface area (Å²) in [6.07, 6.45) is 2.68. The zero-order chi connectivity index (χ0) is 17.4. The fraction of sp³-hybridized carbons (Fsp3) is 0.158. The van der Waals surface area contributed by atoms with Crippen molar-refractivity contribution in [3.63, 3.8) is 0 Å². The molecule has 0 saturated carbocycles. The van der Waals surface area contributed by atoms with E-state index in [0.29, 0.717) is 11.1 Å².